The summed E-state index contributed by atoms with van der Waals surface area (Å²) in [5, 5.41) is 0. The van der Waals surface area contributed by atoms with Crippen LogP contribution in [-0.4, -0.2) is 9.97 Å². The first kappa shape index (κ1) is 9.13. The average molecular weight is 204 g/mol. The quantitative estimate of drug-likeness (QED) is 0.757. The number of aromatic amines is 1. The summed E-state index contributed by atoms with van der Waals surface area (Å²) in [6, 6.07) is 0. The lowest BCUT2D eigenvalue weighted by molar-refractivity contribution is 0.605. The molecule has 15 heavy (non-hydrogen) atoms. The van der Waals surface area contributed by atoms with Gasteiger partial charge in [0, 0.05) is 11.5 Å². The fourth-order valence-corrected chi connectivity index (χ4v) is 2.56. The highest BCUT2D eigenvalue weighted by Gasteiger charge is 2.48. The van der Waals surface area contributed by atoms with E-state index in [0.29, 0.717) is 11.3 Å². The van der Waals surface area contributed by atoms with Crippen LogP contribution in [0.1, 0.15) is 49.7 Å². The SMILES string of the molecule is CC1(C)CC1c1nc2c(c(=O)[nH]1)CCC2. The summed E-state index contributed by atoms with van der Waals surface area (Å²) in [6.45, 7) is 4.45. The fourth-order valence-electron chi connectivity index (χ4n) is 2.56. The van der Waals surface area contributed by atoms with Crippen molar-refractivity contribution in [2.75, 3.05) is 0 Å². The van der Waals surface area contributed by atoms with Crippen molar-refractivity contribution >= 4 is 0 Å². The van der Waals surface area contributed by atoms with Crippen LogP contribution in [0.5, 0.6) is 0 Å². The van der Waals surface area contributed by atoms with Crippen LogP contribution in [0.2, 0.25) is 0 Å². The van der Waals surface area contributed by atoms with Crippen molar-refractivity contribution in [3.05, 3.63) is 27.4 Å². The van der Waals surface area contributed by atoms with Gasteiger partial charge >= 0.3 is 0 Å². The van der Waals surface area contributed by atoms with Crippen molar-refractivity contribution in [1.29, 1.82) is 0 Å². The smallest absolute Gasteiger partial charge is 0.254 e. The number of H-pyrrole nitrogens is 1. The monoisotopic (exact) mass is 204 g/mol. The van der Waals surface area contributed by atoms with Gasteiger partial charge in [-0.15, -0.1) is 0 Å². The Bertz CT molecular complexity index is 473. The van der Waals surface area contributed by atoms with Crippen LogP contribution in [0.25, 0.3) is 0 Å². The Morgan fingerprint density at radius 2 is 2.13 bits per heavy atom. The fraction of sp³-hybridized carbons (Fsp3) is 0.667. The van der Waals surface area contributed by atoms with Gasteiger partial charge in [-0.25, -0.2) is 4.98 Å². The molecule has 1 aromatic rings. The third-order valence-corrected chi connectivity index (χ3v) is 3.80. The largest absolute Gasteiger partial charge is 0.310 e. The Morgan fingerprint density at radius 3 is 2.80 bits per heavy atom. The van der Waals surface area contributed by atoms with Gasteiger partial charge in [-0.3, -0.25) is 4.79 Å². The molecule has 0 aromatic carbocycles. The van der Waals surface area contributed by atoms with Gasteiger partial charge in [0.2, 0.25) is 0 Å². The van der Waals surface area contributed by atoms with Crippen molar-refractivity contribution in [3.63, 3.8) is 0 Å². The molecule has 1 saturated carbocycles. The highest BCUT2D eigenvalue weighted by Crippen LogP contribution is 2.57. The van der Waals surface area contributed by atoms with Crippen molar-refractivity contribution < 1.29 is 0 Å². The van der Waals surface area contributed by atoms with Crippen molar-refractivity contribution in [1.82, 2.24) is 9.97 Å². The van der Waals surface area contributed by atoms with E-state index in [2.05, 4.69) is 23.8 Å². The zero-order valence-electron chi connectivity index (χ0n) is 9.26. The zero-order valence-corrected chi connectivity index (χ0v) is 9.26. The van der Waals surface area contributed by atoms with Crippen LogP contribution in [0.4, 0.5) is 0 Å². The minimum Gasteiger partial charge on any atom is -0.310 e. The molecule has 2 aliphatic rings. The van der Waals surface area contributed by atoms with Gasteiger partial charge in [-0.2, -0.15) is 0 Å². The van der Waals surface area contributed by atoms with E-state index in [1.54, 1.807) is 0 Å². The number of nitrogens with zero attached hydrogens (tertiary/aromatic N) is 1. The number of aromatic nitrogens is 2. The number of hydrogen-bond acceptors (Lipinski definition) is 2. The third-order valence-electron chi connectivity index (χ3n) is 3.80. The molecule has 0 bridgehead atoms. The van der Waals surface area contributed by atoms with Gasteiger partial charge in [0.05, 0.1) is 5.69 Å². The summed E-state index contributed by atoms with van der Waals surface area (Å²) < 4.78 is 0. The predicted molar refractivity (Wildman–Crippen MR) is 58.0 cm³/mol. The highest BCUT2D eigenvalue weighted by molar-refractivity contribution is 5.26. The number of rotatable bonds is 1. The van der Waals surface area contributed by atoms with Gasteiger partial charge < -0.3 is 4.98 Å². The molecule has 80 valence electrons. The van der Waals surface area contributed by atoms with Crippen molar-refractivity contribution in [2.24, 2.45) is 5.41 Å². The normalized spacial score (nSPS) is 26.4. The molecule has 1 N–H and O–H groups in total. The number of hydrogen-bond donors (Lipinski definition) is 1. The van der Waals surface area contributed by atoms with Gasteiger partial charge in [0.15, 0.2) is 0 Å². The molecule has 1 unspecified atom stereocenters. The van der Waals surface area contributed by atoms with Gasteiger partial charge in [0.1, 0.15) is 5.82 Å². The Labute approximate surface area is 88.9 Å². The van der Waals surface area contributed by atoms with Crippen LogP contribution < -0.4 is 5.56 Å². The molecule has 1 aromatic heterocycles. The standard InChI is InChI=1S/C12H16N2O/c1-12(2)6-8(12)10-13-9-5-3-4-7(9)11(15)14-10/h8H,3-6H2,1-2H3,(H,13,14,15). The second-order valence-corrected chi connectivity index (χ2v) is 5.48. The van der Waals surface area contributed by atoms with Gasteiger partial charge in [-0.1, -0.05) is 13.8 Å². The maximum atomic E-state index is 11.8. The first-order valence-electron chi connectivity index (χ1n) is 5.70. The first-order chi connectivity index (χ1) is 7.08. The molecule has 0 saturated heterocycles. The van der Waals surface area contributed by atoms with E-state index in [-0.39, 0.29) is 5.56 Å². The molecule has 0 radical (unpaired) electrons. The molecular formula is C12H16N2O. The lowest BCUT2D eigenvalue weighted by atomic mass is 10.1. The predicted octanol–water partition coefficient (Wildman–Crippen LogP) is 1.77. The lowest BCUT2D eigenvalue weighted by Crippen LogP contribution is -2.17. The summed E-state index contributed by atoms with van der Waals surface area (Å²) in [5.74, 6) is 1.39. The summed E-state index contributed by atoms with van der Waals surface area (Å²) in [5.41, 5.74) is 2.42. The summed E-state index contributed by atoms with van der Waals surface area (Å²) in [4.78, 5) is 19.4. The molecule has 2 aliphatic carbocycles. The Balaban J connectivity index is 2.05. The van der Waals surface area contributed by atoms with Crippen molar-refractivity contribution in [2.45, 2.75) is 45.4 Å². The summed E-state index contributed by atoms with van der Waals surface area (Å²) in [6.07, 6.45) is 4.13. The van der Waals surface area contributed by atoms with Crippen molar-refractivity contribution in [3.8, 4) is 0 Å². The summed E-state index contributed by atoms with van der Waals surface area (Å²) >= 11 is 0. The third kappa shape index (κ3) is 1.33. The van der Waals surface area contributed by atoms with E-state index in [9.17, 15) is 4.79 Å². The second-order valence-electron chi connectivity index (χ2n) is 5.48. The molecule has 1 fully saturated rings. The Morgan fingerprint density at radius 1 is 1.40 bits per heavy atom. The lowest BCUT2D eigenvalue weighted by Gasteiger charge is -2.05. The highest BCUT2D eigenvalue weighted by atomic mass is 16.1. The number of nitrogens with one attached hydrogen (secondary N) is 1. The molecule has 0 amide bonds. The number of fused-ring (bicyclic) bond motifs is 1. The minimum absolute atomic E-state index is 0.107. The molecular weight excluding hydrogens is 188 g/mol. The Kier molecular flexibility index (Phi) is 1.65. The second kappa shape index (κ2) is 2.71. The topological polar surface area (TPSA) is 45.8 Å². The van der Waals surface area contributed by atoms with E-state index >= 15 is 0 Å². The van der Waals surface area contributed by atoms with E-state index < -0.39 is 0 Å². The molecule has 3 heteroatoms. The van der Waals surface area contributed by atoms with Crippen LogP contribution in [0.3, 0.4) is 0 Å². The van der Waals surface area contributed by atoms with E-state index in [0.717, 1.165) is 42.8 Å². The minimum atomic E-state index is 0.107. The maximum absolute atomic E-state index is 11.8. The number of aryl methyl sites for hydroxylation is 1. The van der Waals surface area contributed by atoms with Crippen LogP contribution in [0, 0.1) is 5.41 Å². The Hall–Kier alpha value is -1.12. The van der Waals surface area contributed by atoms with E-state index in [4.69, 9.17) is 0 Å². The van der Waals surface area contributed by atoms with Crippen LogP contribution in [-0.2, 0) is 12.8 Å². The molecule has 0 aliphatic heterocycles. The molecule has 1 atom stereocenters. The van der Waals surface area contributed by atoms with E-state index in [1.807, 2.05) is 0 Å². The van der Waals surface area contributed by atoms with Gasteiger partial charge in [-0.05, 0) is 31.1 Å². The first-order valence-corrected chi connectivity index (χ1v) is 5.70. The maximum Gasteiger partial charge on any atom is 0.254 e. The molecule has 1 heterocycles. The molecule has 0 spiro atoms. The average Bonchev–Trinajstić information content (AvgIpc) is 2.63. The molecule has 3 nitrogen and oxygen atoms in total. The van der Waals surface area contributed by atoms with Crippen LogP contribution in [0.15, 0.2) is 4.79 Å². The van der Waals surface area contributed by atoms with Crippen LogP contribution >= 0.6 is 0 Å². The van der Waals surface area contributed by atoms with E-state index in [1.165, 1.54) is 0 Å². The van der Waals surface area contributed by atoms with Gasteiger partial charge in [0.25, 0.3) is 5.56 Å². The zero-order chi connectivity index (χ0) is 10.6. The summed E-state index contributed by atoms with van der Waals surface area (Å²) in [7, 11) is 0. The molecule has 3 rings (SSSR count).